The van der Waals surface area contributed by atoms with Crippen LogP contribution >= 0.6 is 0 Å². The largest absolute Gasteiger partial charge is 0.423 e. The summed E-state index contributed by atoms with van der Waals surface area (Å²) in [7, 11) is 0. The number of esters is 1. The molecule has 0 amide bonds. The van der Waals surface area contributed by atoms with E-state index in [9.17, 15) is 9.90 Å². The Balaban J connectivity index is 2.28. The summed E-state index contributed by atoms with van der Waals surface area (Å²) in [6, 6.07) is 9.50. The Hall–Kier alpha value is -1.87. The van der Waals surface area contributed by atoms with Crippen LogP contribution in [0.1, 0.15) is 44.6 Å². The van der Waals surface area contributed by atoms with Crippen LogP contribution in [0.25, 0.3) is 5.57 Å². The molecule has 0 aromatic heterocycles. The van der Waals surface area contributed by atoms with Crippen molar-refractivity contribution in [3.05, 3.63) is 53.3 Å². The number of aliphatic hydroxyl groups excluding tert-OH is 1. The molecule has 3 heteroatoms. The van der Waals surface area contributed by atoms with Gasteiger partial charge in [0, 0.05) is 18.6 Å². The fraction of sp³-hybridized carbons (Fsp3) is 0.389. The van der Waals surface area contributed by atoms with Crippen LogP contribution in [0.15, 0.2) is 47.7 Å². The highest BCUT2D eigenvalue weighted by Crippen LogP contribution is 2.35. The number of rotatable bonds is 7. The standard InChI is InChI=1S/C18H22O3/c1-2-3-4-8-11-16-15(12-13-19)17(18(20)21-16)14-9-6-5-7-10-14/h5-7,9-11,19H,2-4,8,12-13H2,1H3/b16-11+. The van der Waals surface area contributed by atoms with Gasteiger partial charge in [0.1, 0.15) is 5.76 Å². The molecule has 0 spiro atoms. The van der Waals surface area contributed by atoms with Crippen molar-refractivity contribution in [3.63, 3.8) is 0 Å². The Morgan fingerprint density at radius 2 is 1.95 bits per heavy atom. The molecule has 0 unspecified atom stereocenters. The molecule has 1 aromatic rings. The maximum absolute atomic E-state index is 12.2. The number of carbonyl (C=O) groups is 1. The van der Waals surface area contributed by atoms with E-state index in [2.05, 4.69) is 6.92 Å². The summed E-state index contributed by atoms with van der Waals surface area (Å²) in [4.78, 5) is 12.2. The third kappa shape index (κ3) is 3.82. The maximum atomic E-state index is 12.2. The molecule has 0 atom stereocenters. The highest BCUT2D eigenvalue weighted by Gasteiger charge is 2.29. The molecule has 0 fully saturated rings. The zero-order chi connectivity index (χ0) is 15.1. The van der Waals surface area contributed by atoms with Gasteiger partial charge in [-0.1, -0.05) is 50.1 Å². The van der Waals surface area contributed by atoms with Crippen molar-refractivity contribution in [1.29, 1.82) is 0 Å². The molecular formula is C18H22O3. The highest BCUT2D eigenvalue weighted by molar-refractivity contribution is 6.21. The molecule has 1 heterocycles. The summed E-state index contributed by atoms with van der Waals surface area (Å²) in [6.07, 6.45) is 6.74. The Bertz CT molecular complexity index is 541. The third-order valence-electron chi connectivity index (χ3n) is 3.57. The highest BCUT2D eigenvalue weighted by atomic mass is 16.5. The number of hydrogen-bond acceptors (Lipinski definition) is 3. The van der Waals surface area contributed by atoms with E-state index in [1.54, 1.807) is 0 Å². The van der Waals surface area contributed by atoms with Crippen molar-refractivity contribution in [3.8, 4) is 0 Å². The second-order valence-electron chi connectivity index (χ2n) is 5.15. The molecular weight excluding hydrogens is 264 g/mol. The first-order valence-corrected chi connectivity index (χ1v) is 7.60. The van der Waals surface area contributed by atoms with Gasteiger partial charge in [-0.15, -0.1) is 0 Å². The van der Waals surface area contributed by atoms with E-state index < -0.39 is 0 Å². The molecule has 1 N–H and O–H groups in total. The van der Waals surface area contributed by atoms with Crippen LogP contribution in [0.2, 0.25) is 0 Å². The van der Waals surface area contributed by atoms with Gasteiger partial charge < -0.3 is 9.84 Å². The molecule has 1 aliphatic rings. The second-order valence-corrected chi connectivity index (χ2v) is 5.15. The maximum Gasteiger partial charge on any atom is 0.344 e. The second kappa shape index (κ2) is 7.79. The van der Waals surface area contributed by atoms with Gasteiger partial charge >= 0.3 is 5.97 Å². The Kier molecular flexibility index (Phi) is 5.76. The van der Waals surface area contributed by atoms with E-state index in [1.807, 2.05) is 36.4 Å². The molecule has 0 aliphatic carbocycles. The fourth-order valence-corrected chi connectivity index (χ4v) is 2.51. The number of hydrogen-bond donors (Lipinski definition) is 1. The van der Waals surface area contributed by atoms with E-state index in [1.165, 1.54) is 6.42 Å². The lowest BCUT2D eigenvalue weighted by molar-refractivity contribution is -0.131. The number of benzene rings is 1. The van der Waals surface area contributed by atoms with E-state index in [4.69, 9.17) is 4.74 Å². The van der Waals surface area contributed by atoms with Gasteiger partial charge in [0.05, 0.1) is 5.57 Å². The summed E-state index contributed by atoms with van der Waals surface area (Å²) < 4.78 is 5.41. The summed E-state index contributed by atoms with van der Waals surface area (Å²) in [5, 5.41) is 9.28. The molecule has 0 radical (unpaired) electrons. The van der Waals surface area contributed by atoms with Gasteiger partial charge in [-0.25, -0.2) is 4.79 Å². The van der Waals surface area contributed by atoms with Gasteiger partial charge in [-0.05, 0) is 24.5 Å². The SMILES string of the molecule is CCCCC/C=C1/OC(=O)C(c2ccccc2)=C1CCO. The summed E-state index contributed by atoms with van der Waals surface area (Å²) in [5.41, 5.74) is 2.26. The minimum atomic E-state index is -0.314. The van der Waals surface area contributed by atoms with Gasteiger partial charge in [-0.2, -0.15) is 0 Å². The Morgan fingerprint density at radius 3 is 2.62 bits per heavy atom. The number of ether oxygens (including phenoxy) is 1. The lowest BCUT2D eigenvalue weighted by Gasteiger charge is -2.03. The van der Waals surface area contributed by atoms with Crippen LogP contribution in [0, 0.1) is 0 Å². The first kappa shape index (κ1) is 15.5. The van der Waals surface area contributed by atoms with E-state index >= 15 is 0 Å². The minimum Gasteiger partial charge on any atom is -0.423 e. The third-order valence-corrected chi connectivity index (χ3v) is 3.57. The molecule has 112 valence electrons. The van der Waals surface area contributed by atoms with E-state index in [-0.39, 0.29) is 12.6 Å². The molecule has 2 rings (SSSR count). The first-order chi connectivity index (χ1) is 10.3. The average Bonchev–Trinajstić information content (AvgIpc) is 2.81. The molecule has 1 aromatic carbocycles. The number of allylic oxidation sites excluding steroid dienone is 2. The molecule has 21 heavy (non-hydrogen) atoms. The zero-order valence-corrected chi connectivity index (χ0v) is 12.5. The monoisotopic (exact) mass is 286 g/mol. The van der Waals surface area contributed by atoms with Gasteiger partial charge in [0.2, 0.25) is 0 Å². The van der Waals surface area contributed by atoms with E-state index in [0.29, 0.717) is 17.8 Å². The topological polar surface area (TPSA) is 46.5 Å². The van der Waals surface area contributed by atoms with Crippen molar-refractivity contribution in [2.45, 2.75) is 39.0 Å². The van der Waals surface area contributed by atoms with Crippen LogP contribution in [-0.2, 0) is 9.53 Å². The Labute approximate surface area is 125 Å². The molecule has 0 saturated heterocycles. The van der Waals surface area contributed by atoms with Crippen molar-refractivity contribution < 1.29 is 14.6 Å². The minimum absolute atomic E-state index is 0.00854. The summed E-state index contributed by atoms with van der Waals surface area (Å²) in [5.74, 6) is 0.315. The number of cyclic esters (lactones) is 1. The number of carbonyl (C=O) groups excluding carboxylic acids is 1. The van der Waals surface area contributed by atoms with Crippen LogP contribution in [0.4, 0.5) is 0 Å². The smallest absolute Gasteiger partial charge is 0.344 e. The predicted octanol–water partition coefficient (Wildman–Crippen LogP) is 3.84. The van der Waals surface area contributed by atoms with Crippen molar-refractivity contribution >= 4 is 11.5 Å². The quantitative estimate of drug-likeness (QED) is 0.612. The number of unbranched alkanes of at least 4 members (excludes halogenated alkanes) is 3. The van der Waals surface area contributed by atoms with Crippen molar-refractivity contribution in [2.24, 2.45) is 0 Å². The molecule has 0 bridgehead atoms. The molecule has 0 saturated carbocycles. The van der Waals surface area contributed by atoms with Crippen LogP contribution in [0.3, 0.4) is 0 Å². The zero-order valence-electron chi connectivity index (χ0n) is 12.5. The lowest BCUT2D eigenvalue weighted by Crippen LogP contribution is -1.98. The van der Waals surface area contributed by atoms with Crippen molar-refractivity contribution in [1.82, 2.24) is 0 Å². The van der Waals surface area contributed by atoms with Crippen LogP contribution in [-0.4, -0.2) is 17.7 Å². The lowest BCUT2D eigenvalue weighted by atomic mass is 9.98. The van der Waals surface area contributed by atoms with Crippen LogP contribution in [0.5, 0.6) is 0 Å². The van der Waals surface area contributed by atoms with Gasteiger partial charge in [0.15, 0.2) is 0 Å². The van der Waals surface area contributed by atoms with Gasteiger partial charge in [0.25, 0.3) is 0 Å². The summed E-state index contributed by atoms with van der Waals surface area (Å²) >= 11 is 0. The Morgan fingerprint density at radius 1 is 1.19 bits per heavy atom. The number of aliphatic hydroxyl groups is 1. The fourth-order valence-electron chi connectivity index (χ4n) is 2.51. The first-order valence-electron chi connectivity index (χ1n) is 7.60. The van der Waals surface area contributed by atoms with Crippen molar-refractivity contribution in [2.75, 3.05) is 6.61 Å². The molecule has 3 nitrogen and oxygen atoms in total. The normalized spacial score (nSPS) is 16.7. The molecule has 1 aliphatic heterocycles. The van der Waals surface area contributed by atoms with Crippen LogP contribution < -0.4 is 0 Å². The predicted molar refractivity (Wildman–Crippen MR) is 83.4 cm³/mol. The summed E-state index contributed by atoms with van der Waals surface area (Å²) in [6.45, 7) is 2.17. The van der Waals surface area contributed by atoms with E-state index in [0.717, 1.165) is 30.4 Å². The van der Waals surface area contributed by atoms with Gasteiger partial charge in [-0.3, -0.25) is 0 Å². The average molecular weight is 286 g/mol.